The van der Waals surface area contributed by atoms with Crippen molar-refractivity contribution in [2.45, 2.75) is 20.3 Å². The lowest BCUT2D eigenvalue weighted by molar-refractivity contribution is -0.120. The maximum atomic E-state index is 12.5. The molecule has 0 fully saturated rings. The van der Waals surface area contributed by atoms with Crippen LogP contribution in [0.2, 0.25) is 0 Å². The first-order chi connectivity index (χ1) is 19.0. The standard InChI is InChI=1S/C31H34N6O2/c1-22-29(34-19-17-32-23(2)38)36-31(27-11-7-4-8-12-27)37-30(22)35-20-18-33-28(39)21-24-13-15-26(16-14-24)25-9-5-3-6-10-25/h3-16H,17-21H2,1-2H3,(H,32,38)(H,33,39)(H2,34,35,36,37). The molecule has 1 aromatic heterocycles. The van der Waals surface area contributed by atoms with E-state index in [1.807, 2.05) is 79.7 Å². The van der Waals surface area contributed by atoms with Crippen molar-refractivity contribution in [2.24, 2.45) is 0 Å². The Hall–Kier alpha value is -4.72. The zero-order valence-electron chi connectivity index (χ0n) is 22.3. The fraction of sp³-hybridized carbons (Fsp3) is 0.226. The quantitative estimate of drug-likeness (QED) is 0.205. The van der Waals surface area contributed by atoms with Crippen molar-refractivity contribution < 1.29 is 9.59 Å². The van der Waals surface area contributed by atoms with Gasteiger partial charge in [0.1, 0.15) is 11.6 Å². The highest BCUT2D eigenvalue weighted by molar-refractivity contribution is 5.79. The maximum absolute atomic E-state index is 12.5. The number of hydrogen-bond acceptors (Lipinski definition) is 6. The van der Waals surface area contributed by atoms with Gasteiger partial charge in [-0.3, -0.25) is 9.59 Å². The molecule has 0 saturated carbocycles. The van der Waals surface area contributed by atoms with E-state index in [1.165, 1.54) is 6.92 Å². The summed E-state index contributed by atoms with van der Waals surface area (Å²) in [5.41, 5.74) is 5.01. The van der Waals surface area contributed by atoms with Gasteiger partial charge in [-0.1, -0.05) is 84.9 Å². The monoisotopic (exact) mass is 522 g/mol. The molecule has 39 heavy (non-hydrogen) atoms. The molecule has 0 aliphatic rings. The van der Waals surface area contributed by atoms with Crippen LogP contribution in [-0.4, -0.2) is 48.0 Å². The van der Waals surface area contributed by atoms with Crippen LogP contribution in [0.1, 0.15) is 18.1 Å². The lowest BCUT2D eigenvalue weighted by atomic mass is 10.0. The molecule has 0 saturated heterocycles. The minimum atomic E-state index is -0.0743. The predicted molar refractivity (Wildman–Crippen MR) is 156 cm³/mol. The predicted octanol–water partition coefficient (Wildman–Crippen LogP) is 4.44. The first kappa shape index (κ1) is 27.3. The van der Waals surface area contributed by atoms with Crippen molar-refractivity contribution in [3.8, 4) is 22.5 Å². The molecule has 0 unspecified atom stereocenters. The Bertz CT molecular complexity index is 1380. The summed E-state index contributed by atoms with van der Waals surface area (Å²) in [7, 11) is 0. The van der Waals surface area contributed by atoms with Gasteiger partial charge < -0.3 is 21.3 Å². The molecule has 4 N–H and O–H groups in total. The lowest BCUT2D eigenvalue weighted by Crippen LogP contribution is -2.30. The number of nitrogens with zero attached hydrogens (tertiary/aromatic N) is 2. The molecule has 8 nitrogen and oxygen atoms in total. The number of anilines is 2. The molecule has 0 atom stereocenters. The van der Waals surface area contributed by atoms with Gasteiger partial charge in [-0.05, 0) is 23.6 Å². The number of rotatable bonds is 12. The Morgan fingerprint density at radius 3 is 1.72 bits per heavy atom. The highest BCUT2D eigenvalue weighted by atomic mass is 16.2. The van der Waals surface area contributed by atoms with Crippen LogP contribution < -0.4 is 21.3 Å². The summed E-state index contributed by atoms with van der Waals surface area (Å²) in [4.78, 5) is 33.1. The summed E-state index contributed by atoms with van der Waals surface area (Å²) in [5.74, 6) is 1.87. The molecule has 4 aromatic rings. The third-order valence-corrected chi connectivity index (χ3v) is 6.13. The Morgan fingerprint density at radius 2 is 1.15 bits per heavy atom. The van der Waals surface area contributed by atoms with Crippen molar-refractivity contribution in [1.29, 1.82) is 0 Å². The fourth-order valence-corrected chi connectivity index (χ4v) is 4.07. The van der Waals surface area contributed by atoms with E-state index in [-0.39, 0.29) is 11.8 Å². The van der Waals surface area contributed by atoms with Gasteiger partial charge in [0.15, 0.2) is 5.82 Å². The average molecular weight is 523 g/mol. The second-order valence-electron chi connectivity index (χ2n) is 9.16. The second-order valence-corrected chi connectivity index (χ2v) is 9.16. The van der Waals surface area contributed by atoms with Crippen molar-refractivity contribution in [3.05, 3.63) is 96.1 Å². The minimum absolute atomic E-state index is 0.0334. The van der Waals surface area contributed by atoms with Crippen LogP contribution >= 0.6 is 0 Å². The van der Waals surface area contributed by atoms with Crippen LogP contribution in [0.3, 0.4) is 0 Å². The van der Waals surface area contributed by atoms with E-state index in [2.05, 4.69) is 33.4 Å². The van der Waals surface area contributed by atoms with E-state index in [0.29, 0.717) is 50.1 Å². The van der Waals surface area contributed by atoms with Crippen LogP contribution in [0.4, 0.5) is 11.6 Å². The van der Waals surface area contributed by atoms with Crippen molar-refractivity contribution in [1.82, 2.24) is 20.6 Å². The zero-order chi connectivity index (χ0) is 27.5. The van der Waals surface area contributed by atoms with Crippen LogP contribution in [0.15, 0.2) is 84.9 Å². The normalized spacial score (nSPS) is 10.5. The highest BCUT2D eigenvalue weighted by Gasteiger charge is 2.12. The molecule has 1 heterocycles. The Morgan fingerprint density at radius 1 is 0.641 bits per heavy atom. The lowest BCUT2D eigenvalue weighted by Gasteiger charge is -2.16. The number of hydrogen-bond donors (Lipinski definition) is 4. The van der Waals surface area contributed by atoms with Crippen LogP contribution in [-0.2, 0) is 16.0 Å². The topological polar surface area (TPSA) is 108 Å². The average Bonchev–Trinajstić information content (AvgIpc) is 2.96. The molecular weight excluding hydrogens is 488 g/mol. The number of nitrogens with one attached hydrogen (secondary N) is 4. The number of carbonyl (C=O) groups is 2. The Kier molecular flexibility index (Phi) is 9.61. The van der Waals surface area contributed by atoms with Gasteiger partial charge in [0.25, 0.3) is 0 Å². The molecule has 0 spiro atoms. The Balaban J connectivity index is 1.33. The van der Waals surface area contributed by atoms with Gasteiger partial charge in [-0.15, -0.1) is 0 Å². The third kappa shape index (κ3) is 8.13. The van der Waals surface area contributed by atoms with Crippen molar-refractivity contribution in [2.75, 3.05) is 36.8 Å². The second kappa shape index (κ2) is 13.7. The van der Waals surface area contributed by atoms with Gasteiger partial charge in [-0.25, -0.2) is 9.97 Å². The summed E-state index contributed by atoms with van der Waals surface area (Å²) in [6.45, 7) is 5.42. The van der Waals surface area contributed by atoms with Crippen LogP contribution in [0.25, 0.3) is 22.5 Å². The van der Waals surface area contributed by atoms with Gasteiger partial charge in [0.05, 0.1) is 6.42 Å². The first-order valence-corrected chi connectivity index (χ1v) is 13.1. The molecule has 3 aromatic carbocycles. The SMILES string of the molecule is CC(=O)NCCNc1nc(-c2ccccc2)nc(NCCNC(=O)Cc2ccc(-c3ccccc3)cc2)c1C. The van der Waals surface area contributed by atoms with Gasteiger partial charge in [-0.2, -0.15) is 0 Å². The molecule has 8 heteroatoms. The van der Waals surface area contributed by atoms with E-state index in [9.17, 15) is 9.59 Å². The molecule has 0 aliphatic carbocycles. The maximum Gasteiger partial charge on any atom is 0.224 e. The number of amides is 2. The van der Waals surface area contributed by atoms with Crippen molar-refractivity contribution in [3.63, 3.8) is 0 Å². The molecule has 0 radical (unpaired) electrons. The summed E-state index contributed by atoms with van der Waals surface area (Å²) >= 11 is 0. The summed E-state index contributed by atoms with van der Waals surface area (Å²) < 4.78 is 0. The van der Waals surface area contributed by atoms with Crippen molar-refractivity contribution >= 4 is 23.5 Å². The minimum Gasteiger partial charge on any atom is -0.368 e. The number of carbonyl (C=O) groups excluding carboxylic acids is 2. The molecule has 2 amide bonds. The molecule has 0 bridgehead atoms. The molecule has 0 aliphatic heterocycles. The summed E-state index contributed by atoms with van der Waals surface area (Å²) in [6, 6.07) is 28.0. The van der Waals surface area contributed by atoms with E-state index >= 15 is 0 Å². The molecule has 200 valence electrons. The van der Waals surface area contributed by atoms with Gasteiger partial charge in [0, 0.05) is 44.2 Å². The van der Waals surface area contributed by atoms with Gasteiger partial charge in [0.2, 0.25) is 11.8 Å². The molecular formula is C31H34N6O2. The smallest absolute Gasteiger partial charge is 0.224 e. The highest BCUT2D eigenvalue weighted by Crippen LogP contribution is 2.25. The van der Waals surface area contributed by atoms with E-state index in [4.69, 9.17) is 9.97 Å². The largest absolute Gasteiger partial charge is 0.368 e. The van der Waals surface area contributed by atoms with Crippen LogP contribution in [0, 0.1) is 6.92 Å². The summed E-state index contributed by atoms with van der Waals surface area (Å²) in [6.07, 6.45) is 0.322. The van der Waals surface area contributed by atoms with E-state index in [1.54, 1.807) is 0 Å². The number of aromatic nitrogens is 2. The fourth-order valence-electron chi connectivity index (χ4n) is 4.07. The van der Waals surface area contributed by atoms with E-state index in [0.717, 1.165) is 27.8 Å². The van der Waals surface area contributed by atoms with Crippen LogP contribution in [0.5, 0.6) is 0 Å². The first-order valence-electron chi connectivity index (χ1n) is 13.1. The van der Waals surface area contributed by atoms with E-state index < -0.39 is 0 Å². The summed E-state index contributed by atoms with van der Waals surface area (Å²) in [5, 5.41) is 12.4. The van der Waals surface area contributed by atoms with Gasteiger partial charge >= 0.3 is 0 Å². The number of benzene rings is 3. The zero-order valence-corrected chi connectivity index (χ0v) is 22.3. The molecule has 4 rings (SSSR count). The Labute approximate surface area is 229 Å². The third-order valence-electron chi connectivity index (χ3n) is 6.13.